The van der Waals surface area contributed by atoms with Crippen molar-refractivity contribution in [3.05, 3.63) is 107 Å². The molecule has 1 unspecified atom stereocenters. The standard InChI is InChI=1S/C30H30N5PS/c1-20-12-11-13-22(18-20)33-36(37)26(28-30(3,4)24-16-9-10-17-25(24)34(28)5)19-31-29-27(36)21(2)32-35(29)23-14-7-6-8-15-23/h6-19H,1-5H3,(H,33,37)/b28-26-. The molecule has 0 bridgehead atoms. The van der Waals surface area contributed by atoms with Gasteiger partial charge in [-0.05, 0) is 55.3 Å². The van der Waals surface area contributed by atoms with Gasteiger partial charge in [0.05, 0.1) is 22.9 Å². The summed E-state index contributed by atoms with van der Waals surface area (Å²) in [5.74, 6) is 0.813. The molecular weight excluding hydrogens is 493 g/mol. The summed E-state index contributed by atoms with van der Waals surface area (Å²) in [5.41, 5.74) is 7.57. The van der Waals surface area contributed by atoms with Gasteiger partial charge >= 0.3 is 0 Å². The highest BCUT2D eigenvalue weighted by Crippen LogP contribution is 2.62. The van der Waals surface area contributed by atoms with Crippen molar-refractivity contribution in [2.75, 3.05) is 17.0 Å². The molecule has 7 heteroatoms. The van der Waals surface area contributed by atoms with E-state index in [2.05, 4.69) is 105 Å². The van der Waals surface area contributed by atoms with Gasteiger partial charge in [-0.15, -0.1) is 0 Å². The molecule has 3 heterocycles. The second-order valence-electron chi connectivity index (χ2n) is 10.3. The zero-order valence-electron chi connectivity index (χ0n) is 21.7. The second kappa shape index (κ2) is 8.54. The van der Waals surface area contributed by atoms with Crippen molar-refractivity contribution >= 4 is 46.7 Å². The van der Waals surface area contributed by atoms with Gasteiger partial charge in [-0.25, -0.2) is 9.67 Å². The van der Waals surface area contributed by atoms with Gasteiger partial charge in [0.1, 0.15) is 0 Å². The highest BCUT2D eigenvalue weighted by atomic mass is 32.4. The van der Waals surface area contributed by atoms with E-state index >= 15 is 0 Å². The van der Waals surface area contributed by atoms with Crippen molar-refractivity contribution in [2.45, 2.75) is 33.1 Å². The Morgan fingerprint density at radius 1 is 0.919 bits per heavy atom. The molecule has 0 amide bonds. The van der Waals surface area contributed by atoms with Crippen LogP contribution in [0.5, 0.6) is 0 Å². The molecule has 6 rings (SSSR count). The lowest BCUT2D eigenvalue weighted by atomic mass is 9.84. The summed E-state index contributed by atoms with van der Waals surface area (Å²) in [6.07, 6.45) is -0.593. The number of nitrogens with zero attached hydrogens (tertiary/aromatic N) is 4. The van der Waals surface area contributed by atoms with E-state index in [1.807, 2.05) is 29.1 Å². The average molecular weight is 524 g/mol. The molecule has 4 aromatic rings. The van der Waals surface area contributed by atoms with E-state index in [0.717, 1.165) is 33.5 Å². The average Bonchev–Trinajstić information content (AvgIpc) is 3.32. The van der Waals surface area contributed by atoms with E-state index in [1.165, 1.54) is 22.5 Å². The van der Waals surface area contributed by atoms with Crippen LogP contribution in [0.4, 0.5) is 17.2 Å². The summed E-state index contributed by atoms with van der Waals surface area (Å²) in [4.78, 5) is 7.35. The summed E-state index contributed by atoms with van der Waals surface area (Å²) in [6.45, 7) is 8.73. The Balaban J connectivity index is 1.64. The third kappa shape index (κ3) is 3.62. The summed E-state index contributed by atoms with van der Waals surface area (Å²) in [5, 5.41) is 10.9. The summed E-state index contributed by atoms with van der Waals surface area (Å²) >= 11 is 6.78. The largest absolute Gasteiger partial charge is 0.351 e. The molecule has 2 aliphatic rings. The third-order valence-electron chi connectivity index (χ3n) is 7.38. The molecule has 186 valence electrons. The molecule has 1 N–H and O–H groups in total. The van der Waals surface area contributed by atoms with E-state index in [0.29, 0.717) is 0 Å². The first-order chi connectivity index (χ1) is 17.7. The zero-order valence-corrected chi connectivity index (χ0v) is 23.4. The summed E-state index contributed by atoms with van der Waals surface area (Å²) in [7, 11) is 2.14. The number of likely N-dealkylation sites (N-methyl/N-ethyl adjacent to an activating group) is 1. The van der Waals surface area contributed by atoms with Gasteiger partial charge in [0.25, 0.3) is 0 Å². The number of hydrogen-bond donors (Lipinski definition) is 1. The van der Waals surface area contributed by atoms with Crippen LogP contribution in [0, 0.1) is 13.8 Å². The van der Waals surface area contributed by atoms with E-state index in [9.17, 15) is 0 Å². The monoisotopic (exact) mass is 523 g/mol. The summed E-state index contributed by atoms with van der Waals surface area (Å²) in [6, 6.07) is 27.2. The summed E-state index contributed by atoms with van der Waals surface area (Å²) < 4.78 is 1.93. The SMILES string of the molecule is Cc1cccc(NP2(=S)/C(=C3\N(C)c4ccccc4C3(C)C)C=Nc3c2c(C)nn3-c2ccccc2)c1. The number of aromatic nitrogens is 2. The Kier molecular flexibility index (Phi) is 5.52. The Labute approximate surface area is 223 Å². The smallest absolute Gasteiger partial charge is 0.166 e. The van der Waals surface area contributed by atoms with Crippen LogP contribution in [-0.2, 0) is 17.2 Å². The Bertz CT molecular complexity index is 1650. The van der Waals surface area contributed by atoms with Crippen LogP contribution >= 0.6 is 6.19 Å². The number of hydrogen-bond acceptors (Lipinski definition) is 4. The minimum absolute atomic E-state index is 0.230. The highest BCUT2D eigenvalue weighted by Gasteiger charge is 2.45. The number of benzene rings is 3. The van der Waals surface area contributed by atoms with Crippen LogP contribution in [0.2, 0.25) is 0 Å². The number of nitrogens with one attached hydrogen (secondary N) is 1. The van der Waals surface area contributed by atoms with Gasteiger partial charge in [-0.3, -0.25) is 0 Å². The first-order valence-electron chi connectivity index (χ1n) is 12.4. The first-order valence-corrected chi connectivity index (χ1v) is 15.3. The minimum Gasteiger partial charge on any atom is -0.351 e. The predicted octanol–water partition coefficient (Wildman–Crippen LogP) is 6.98. The zero-order chi connectivity index (χ0) is 25.9. The molecule has 0 radical (unpaired) electrons. The van der Waals surface area contributed by atoms with Crippen LogP contribution in [0.25, 0.3) is 5.69 Å². The number of aliphatic imine (C=N–C) groups is 1. The molecule has 1 aromatic heterocycles. The molecule has 0 aliphatic carbocycles. The number of rotatable bonds is 3. The van der Waals surface area contributed by atoms with Gasteiger partial charge in [0, 0.05) is 41.1 Å². The van der Waals surface area contributed by atoms with Gasteiger partial charge < -0.3 is 9.99 Å². The number of aryl methyl sites for hydroxylation is 2. The van der Waals surface area contributed by atoms with Crippen LogP contribution in [0.1, 0.15) is 30.7 Å². The molecule has 2 aliphatic heterocycles. The lowest BCUT2D eigenvalue weighted by Gasteiger charge is -2.35. The van der Waals surface area contributed by atoms with Crippen molar-refractivity contribution in [1.29, 1.82) is 0 Å². The normalized spacial score (nSPS) is 21.6. The van der Waals surface area contributed by atoms with Crippen molar-refractivity contribution in [3.63, 3.8) is 0 Å². The number of para-hydroxylation sites is 2. The molecule has 0 saturated carbocycles. The van der Waals surface area contributed by atoms with Crippen LogP contribution in [-0.4, -0.2) is 23.0 Å². The first kappa shape index (κ1) is 23.9. The van der Waals surface area contributed by atoms with Crippen LogP contribution in [0.15, 0.2) is 94.9 Å². The van der Waals surface area contributed by atoms with Gasteiger partial charge in [0.15, 0.2) is 5.82 Å². The fourth-order valence-corrected chi connectivity index (χ4v) is 9.96. The Morgan fingerprint density at radius 2 is 1.65 bits per heavy atom. The number of allylic oxidation sites excluding steroid dienone is 2. The third-order valence-corrected chi connectivity index (χ3v) is 11.5. The Hall–Kier alpha value is -3.47. The molecular formula is C30H30N5PS. The van der Waals surface area contributed by atoms with Gasteiger partial charge in [-0.1, -0.05) is 74.2 Å². The maximum absolute atomic E-state index is 6.78. The Morgan fingerprint density at radius 3 is 2.38 bits per heavy atom. The molecule has 0 saturated heterocycles. The van der Waals surface area contributed by atoms with E-state index in [4.69, 9.17) is 21.9 Å². The van der Waals surface area contributed by atoms with E-state index in [-0.39, 0.29) is 5.41 Å². The van der Waals surface area contributed by atoms with Crippen molar-refractivity contribution in [2.24, 2.45) is 4.99 Å². The molecule has 3 aromatic carbocycles. The number of anilines is 2. The van der Waals surface area contributed by atoms with Crippen molar-refractivity contribution in [1.82, 2.24) is 9.78 Å². The molecule has 5 nitrogen and oxygen atoms in total. The van der Waals surface area contributed by atoms with E-state index < -0.39 is 6.19 Å². The topological polar surface area (TPSA) is 45.4 Å². The van der Waals surface area contributed by atoms with Crippen molar-refractivity contribution in [3.8, 4) is 5.69 Å². The van der Waals surface area contributed by atoms with Gasteiger partial charge in [0.2, 0.25) is 0 Å². The molecule has 0 spiro atoms. The van der Waals surface area contributed by atoms with E-state index in [1.54, 1.807) is 0 Å². The molecule has 0 fully saturated rings. The highest BCUT2D eigenvalue weighted by molar-refractivity contribution is 8.21. The number of fused-ring (bicyclic) bond motifs is 2. The lowest BCUT2D eigenvalue weighted by molar-refractivity contribution is 0.639. The quantitative estimate of drug-likeness (QED) is 0.295. The van der Waals surface area contributed by atoms with Crippen molar-refractivity contribution < 1.29 is 0 Å². The fraction of sp³-hybridized carbons (Fsp3) is 0.200. The van der Waals surface area contributed by atoms with Crippen LogP contribution < -0.4 is 15.3 Å². The molecule has 1 atom stereocenters. The van der Waals surface area contributed by atoms with Gasteiger partial charge in [-0.2, -0.15) is 5.10 Å². The predicted molar refractivity (Wildman–Crippen MR) is 160 cm³/mol. The van der Waals surface area contributed by atoms with Crippen LogP contribution in [0.3, 0.4) is 0 Å². The fourth-order valence-electron chi connectivity index (χ4n) is 5.74. The second-order valence-corrected chi connectivity index (χ2v) is 14.3. The molecule has 37 heavy (non-hydrogen) atoms. The minimum atomic E-state index is -2.60. The lowest BCUT2D eigenvalue weighted by Crippen LogP contribution is -2.29. The maximum atomic E-state index is 6.78. The maximum Gasteiger partial charge on any atom is 0.166 e.